The Labute approximate surface area is 112 Å². The number of hydrogen-bond acceptors (Lipinski definition) is 2. The Morgan fingerprint density at radius 1 is 1.47 bits per heavy atom. The third kappa shape index (κ3) is 2.66. The Hall–Kier alpha value is -0.540. The van der Waals surface area contributed by atoms with Gasteiger partial charge >= 0.3 is 0 Å². The molecule has 1 atom stereocenters. The lowest BCUT2D eigenvalue weighted by Crippen LogP contribution is -2.11. The van der Waals surface area contributed by atoms with Crippen LogP contribution in [0.4, 0.5) is 0 Å². The second kappa shape index (κ2) is 5.40. The van der Waals surface area contributed by atoms with Gasteiger partial charge in [0.05, 0.1) is 11.6 Å². The lowest BCUT2D eigenvalue weighted by molar-refractivity contribution is 0.402. The zero-order valence-corrected chi connectivity index (χ0v) is 12.4. The molecular formula is C14H20BrNO. The summed E-state index contributed by atoms with van der Waals surface area (Å²) in [5.41, 5.74) is 3.94. The van der Waals surface area contributed by atoms with Crippen molar-refractivity contribution in [2.24, 2.45) is 5.92 Å². The highest BCUT2D eigenvalue weighted by atomic mass is 79.9. The molecule has 1 unspecified atom stereocenters. The highest BCUT2D eigenvalue weighted by molar-refractivity contribution is 9.10. The molecule has 0 aromatic heterocycles. The van der Waals surface area contributed by atoms with Gasteiger partial charge in [0.2, 0.25) is 0 Å². The highest BCUT2D eigenvalue weighted by Crippen LogP contribution is 2.36. The Morgan fingerprint density at radius 2 is 2.24 bits per heavy atom. The molecule has 1 aromatic rings. The number of halogens is 1. The second-order valence-corrected chi connectivity index (χ2v) is 5.68. The van der Waals surface area contributed by atoms with E-state index in [-0.39, 0.29) is 0 Å². The summed E-state index contributed by atoms with van der Waals surface area (Å²) < 4.78 is 6.67. The predicted molar refractivity (Wildman–Crippen MR) is 74.8 cm³/mol. The van der Waals surface area contributed by atoms with E-state index in [2.05, 4.69) is 41.2 Å². The monoisotopic (exact) mass is 297 g/mol. The molecule has 0 radical (unpaired) electrons. The number of nitrogens with one attached hydrogen (secondary N) is 1. The van der Waals surface area contributed by atoms with Gasteiger partial charge in [-0.15, -0.1) is 0 Å². The van der Waals surface area contributed by atoms with Gasteiger partial charge in [0.1, 0.15) is 5.75 Å². The summed E-state index contributed by atoms with van der Waals surface area (Å²) in [6.45, 7) is 6.57. The van der Waals surface area contributed by atoms with Crippen molar-refractivity contribution in [2.45, 2.75) is 26.7 Å². The van der Waals surface area contributed by atoms with Crippen LogP contribution in [0.25, 0.3) is 0 Å². The first kappa shape index (κ1) is 12.9. The topological polar surface area (TPSA) is 21.3 Å². The smallest absolute Gasteiger partial charge is 0.136 e. The molecule has 1 saturated heterocycles. The minimum atomic E-state index is 0.748. The zero-order chi connectivity index (χ0) is 12.4. The van der Waals surface area contributed by atoms with Gasteiger partial charge in [-0.3, -0.25) is 0 Å². The maximum absolute atomic E-state index is 5.55. The number of benzene rings is 1. The minimum absolute atomic E-state index is 0.748. The molecule has 1 aromatic carbocycles. The van der Waals surface area contributed by atoms with E-state index in [9.17, 15) is 0 Å². The van der Waals surface area contributed by atoms with Gasteiger partial charge in [0, 0.05) is 0 Å². The number of hydrogen-bond donors (Lipinski definition) is 1. The van der Waals surface area contributed by atoms with Gasteiger partial charge < -0.3 is 10.1 Å². The molecule has 0 aliphatic carbocycles. The molecule has 1 aliphatic heterocycles. The molecule has 0 bridgehead atoms. The molecule has 0 amide bonds. The molecule has 94 valence electrons. The number of aryl methyl sites for hydroxylation is 1. The first-order chi connectivity index (χ1) is 8.13. The molecule has 17 heavy (non-hydrogen) atoms. The molecule has 2 rings (SSSR count). The van der Waals surface area contributed by atoms with Crippen molar-refractivity contribution in [3.63, 3.8) is 0 Å². The third-order valence-electron chi connectivity index (χ3n) is 3.68. The van der Waals surface area contributed by atoms with Crippen LogP contribution in [0, 0.1) is 19.8 Å². The Morgan fingerprint density at radius 3 is 2.82 bits per heavy atom. The van der Waals surface area contributed by atoms with Crippen molar-refractivity contribution in [3.05, 3.63) is 27.2 Å². The van der Waals surface area contributed by atoms with Gasteiger partial charge in [0.15, 0.2) is 0 Å². The van der Waals surface area contributed by atoms with Crippen LogP contribution in [-0.2, 0) is 6.42 Å². The molecule has 1 fully saturated rings. The van der Waals surface area contributed by atoms with Gasteiger partial charge in [-0.1, -0.05) is 6.07 Å². The lowest BCUT2D eigenvalue weighted by atomic mass is 9.95. The average Bonchev–Trinajstić information content (AvgIpc) is 2.79. The van der Waals surface area contributed by atoms with Crippen LogP contribution in [0.2, 0.25) is 0 Å². The van der Waals surface area contributed by atoms with E-state index >= 15 is 0 Å². The van der Waals surface area contributed by atoms with Crippen molar-refractivity contribution < 1.29 is 4.74 Å². The predicted octanol–water partition coefficient (Wildman–Crippen LogP) is 3.23. The summed E-state index contributed by atoms with van der Waals surface area (Å²) in [6.07, 6.45) is 2.38. The van der Waals surface area contributed by atoms with Crippen LogP contribution in [0.1, 0.15) is 23.1 Å². The fraction of sp³-hybridized carbons (Fsp3) is 0.571. The molecule has 1 N–H and O–H groups in total. The fourth-order valence-corrected chi connectivity index (χ4v) is 3.22. The van der Waals surface area contributed by atoms with E-state index in [0.717, 1.165) is 35.7 Å². The SMILES string of the molecule is COc1c(CC2CCNC2)cc(C)c(C)c1Br. The maximum atomic E-state index is 5.55. The number of rotatable bonds is 3. The van der Waals surface area contributed by atoms with E-state index in [1.165, 1.54) is 23.1 Å². The molecule has 1 aliphatic rings. The van der Waals surface area contributed by atoms with Gasteiger partial charge in [-0.05, 0) is 78.3 Å². The third-order valence-corrected chi connectivity index (χ3v) is 4.63. The molecule has 0 spiro atoms. The summed E-state index contributed by atoms with van der Waals surface area (Å²) in [5.74, 6) is 1.76. The second-order valence-electron chi connectivity index (χ2n) is 4.89. The van der Waals surface area contributed by atoms with Crippen LogP contribution in [0.3, 0.4) is 0 Å². The molecule has 3 heteroatoms. The van der Waals surface area contributed by atoms with Gasteiger partial charge in [-0.25, -0.2) is 0 Å². The Bertz CT molecular complexity index is 411. The van der Waals surface area contributed by atoms with E-state index < -0.39 is 0 Å². The summed E-state index contributed by atoms with van der Waals surface area (Å²) in [5, 5.41) is 3.42. The van der Waals surface area contributed by atoms with Gasteiger partial charge in [-0.2, -0.15) is 0 Å². The van der Waals surface area contributed by atoms with Crippen LogP contribution in [-0.4, -0.2) is 20.2 Å². The van der Waals surface area contributed by atoms with Crippen molar-refractivity contribution in [3.8, 4) is 5.75 Å². The van der Waals surface area contributed by atoms with Gasteiger partial charge in [0.25, 0.3) is 0 Å². The fourth-order valence-electron chi connectivity index (χ4n) is 2.49. The van der Waals surface area contributed by atoms with Crippen molar-refractivity contribution in [1.82, 2.24) is 5.32 Å². The van der Waals surface area contributed by atoms with Crippen LogP contribution < -0.4 is 10.1 Å². The first-order valence-corrected chi connectivity index (χ1v) is 6.96. The highest BCUT2D eigenvalue weighted by Gasteiger charge is 2.19. The standard InChI is InChI=1S/C14H20BrNO/c1-9-6-12(7-11-4-5-16-8-11)14(17-3)13(15)10(9)2/h6,11,16H,4-5,7-8H2,1-3H3. The Balaban J connectivity index is 2.31. The van der Waals surface area contributed by atoms with E-state index in [0.29, 0.717) is 0 Å². The quantitative estimate of drug-likeness (QED) is 0.925. The first-order valence-electron chi connectivity index (χ1n) is 6.16. The van der Waals surface area contributed by atoms with Crippen LogP contribution in [0.5, 0.6) is 5.75 Å². The van der Waals surface area contributed by atoms with Crippen molar-refractivity contribution in [1.29, 1.82) is 0 Å². The Kier molecular flexibility index (Phi) is 4.10. The normalized spacial score (nSPS) is 19.6. The largest absolute Gasteiger partial charge is 0.495 e. The molecular weight excluding hydrogens is 278 g/mol. The number of methoxy groups -OCH3 is 1. The van der Waals surface area contributed by atoms with Crippen LogP contribution >= 0.6 is 15.9 Å². The van der Waals surface area contributed by atoms with E-state index in [4.69, 9.17) is 4.74 Å². The van der Waals surface area contributed by atoms with Crippen molar-refractivity contribution >= 4 is 15.9 Å². The number of ether oxygens (including phenoxy) is 1. The maximum Gasteiger partial charge on any atom is 0.136 e. The molecule has 2 nitrogen and oxygen atoms in total. The molecule has 1 heterocycles. The summed E-state index contributed by atoms with van der Waals surface area (Å²) in [6, 6.07) is 2.28. The summed E-state index contributed by atoms with van der Waals surface area (Å²) in [4.78, 5) is 0. The zero-order valence-electron chi connectivity index (χ0n) is 10.8. The average molecular weight is 298 g/mol. The van der Waals surface area contributed by atoms with Crippen molar-refractivity contribution in [2.75, 3.05) is 20.2 Å². The minimum Gasteiger partial charge on any atom is -0.495 e. The van der Waals surface area contributed by atoms with E-state index in [1.54, 1.807) is 7.11 Å². The van der Waals surface area contributed by atoms with E-state index in [1.807, 2.05) is 0 Å². The molecule has 0 saturated carbocycles. The lowest BCUT2D eigenvalue weighted by Gasteiger charge is -2.17. The summed E-state index contributed by atoms with van der Waals surface area (Å²) in [7, 11) is 1.76. The summed E-state index contributed by atoms with van der Waals surface area (Å²) >= 11 is 3.65. The van der Waals surface area contributed by atoms with Crippen LogP contribution in [0.15, 0.2) is 10.5 Å².